The van der Waals surface area contributed by atoms with E-state index in [1.54, 1.807) is 11.3 Å². The zero-order valence-corrected chi connectivity index (χ0v) is 28.2. The van der Waals surface area contributed by atoms with Crippen LogP contribution in [-0.2, 0) is 0 Å². The third-order valence-corrected chi connectivity index (χ3v) is 10.3. The second-order valence-electron chi connectivity index (χ2n) is 12.3. The van der Waals surface area contributed by atoms with Gasteiger partial charge in [0.25, 0.3) is 0 Å². The van der Waals surface area contributed by atoms with Crippen LogP contribution in [0.25, 0.3) is 87.7 Å². The number of fused-ring (bicyclic) bond motifs is 3. The van der Waals surface area contributed by atoms with Crippen LogP contribution in [0, 0.1) is 11.3 Å². The van der Waals surface area contributed by atoms with E-state index in [2.05, 4.69) is 97.1 Å². The highest BCUT2D eigenvalue weighted by Crippen LogP contribution is 2.42. The summed E-state index contributed by atoms with van der Waals surface area (Å²) >= 11 is 1.79. The van der Waals surface area contributed by atoms with Gasteiger partial charge in [0.1, 0.15) is 0 Å². The predicted octanol–water partition coefficient (Wildman–Crippen LogP) is 12.1. The number of nitrogens with zero attached hydrogens (tertiary/aromatic N) is 4. The molecule has 9 aromatic rings. The van der Waals surface area contributed by atoms with E-state index in [-0.39, 0.29) is 0 Å². The Bertz CT molecular complexity index is 2760. The van der Waals surface area contributed by atoms with Crippen molar-refractivity contribution >= 4 is 31.5 Å². The lowest BCUT2D eigenvalue weighted by molar-refractivity contribution is 1.07. The summed E-state index contributed by atoms with van der Waals surface area (Å²) in [5, 5.41) is 12.2. The smallest absolute Gasteiger partial charge is 0.164 e. The minimum Gasteiger partial charge on any atom is -0.208 e. The van der Waals surface area contributed by atoms with Gasteiger partial charge in [-0.15, -0.1) is 11.3 Å². The van der Waals surface area contributed by atoms with Gasteiger partial charge in [0.15, 0.2) is 17.5 Å². The van der Waals surface area contributed by atoms with Gasteiger partial charge in [-0.05, 0) is 63.7 Å². The lowest BCUT2D eigenvalue weighted by atomic mass is 9.96. The average Bonchev–Trinajstić information content (AvgIpc) is 3.60. The summed E-state index contributed by atoms with van der Waals surface area (Å²) in [5.74, 6) is 1.79. The minimum absolute atomic E-state index is 0.576. The van der Waals surface area contributed by atoms with Crippen LogP contribution in [0.2, 0.25) is 0 Å². The van der Waals surface area contributed by atoms with E-state index in [0.717, 1.165) is 27.8 Å². The Labute approximate surface area is 299 Å². The van der Waals surface area contributed by atoms with Gasteiger partial charge < -0.3 is 0 Å². The van der Waals surface area contributed by atoms with E-state index in [9.17, 15) is 5.26 Å². The van der Waals surface area contributed by atoms with Gasteiger partial charge in [-0.2, -0.15) is 5.26 Å². The average molecular weight is 669 g/mol. The maximum absolute atomic E-state index is 9.76. The van der Waals surface area contributed by atoms with Gasteiger partial charge in [-0.1, -0.05) is 140 Å². The standard InChI is InChI=1S/C46H28N4S/c47-29-37-16-7-8-21-38(37)33-18-10-20-35(27-33)45-48-44(31-14-5-2-6-15-31)49-46(50-45)36-24-25-40-42(28-36)51-41-23-11-22-39(43(40)41)34-19-9-17-32(26-34)30-12-3-1-4-13-30/h1-28H. The molecule has 0 aliphatic carbocycles. The topological polar surface area (TPSA) is 62.5 Å². The second-order valence-corrected chi connectivity index (χ2v) is 13.4. The molecule has 238 valence electrons. The van der Waals surface area contributed by atoms with Gasteiger partial charge >= 0.3 is 0 Å². The van der Waals surface area contributed by atoms with Gasteiger partial charge in [0.05, 0.1) is 11.6 Å². The van der Waals surface area contributed by atoms with Crippen molar-refractivity contribution in [2.24, 2.45) is 0 Å². The molecule has 0 aliphatic rings. The first-order chi connectivity index (χ1) is 25.2. The van der Waals surface area contributed by atoms with E-state index in [1.165, 1.54) is 42.4 Å². The Balaban J connectivity index is 1.17. The first-order valence-electron chi connectivity index (χ1n) is 16.7. The number of benzene rings is 7. The second kappa shape index (κ2) is 12.9. The quantitative estimate of drug-likeness (QED) is 0.177. The lowest BCUT2D eigenvalue weighted by Gasteiger charge is -2.10. The van der Waals surface area contributed by atoms with Crippen LogP contribution < -0.4 is 0 Å². The monoisotopic (exact) mass is 668 g/mol. The van der Waals surface area contributed by atoms with Crippen LogP contribution in [0.5, 0.6) is 0 Å². The molecule has 0 unspecified atom stereocenters. The first-order valence-corrected chi connectivity index (χ1v) is 17.6. The molecular formula is C46H28N4S. The Morgan fingerprint density at radius 1 is 0.392 bits per heavy atom. The number of nitriles is 1. The maximum Gasteiger partial charge on any atom is 0.164 e. The van der Waals surface area contributed by atoms with Crippen molar-refractivity contribution in [1.82, 2.24) is 15.0 Å². The van der Waals surface area contributed by atoms with E-state index < -0.39 is 0 Å². The molecule has 0 amide bonds. The molecule has 9 rings (SSSR count). The summed E-state index contributed by atoms with van der Waals surface area (Å²) in [5.41, 5.74) is 9.95. The molecule has 0 fully saturated rings. The highest BCUT2D eigenvalue weighted by Gasteiger charge is 2.17. The van der Waals surface area contributed by atoms with Gasteiger partial charge in [0, 0.05) is 36.9 Å². The summed E-state index contributed by atoms with van der Waals surface area (Å²) < 4.78 is 2.41. The lowest BCUT2D eigenvalue weighted by Crippen LogP contribution is -2.00. The highest BCUT2D eigenvalue weighted by molar-refractivity contribution is 7.26. The molecule has 0 spiro atoms. The molecule has 2 aromatic heterocycles. The molecule has 4 nitrogen and oxygen atoms in total. The molecule has 0 bridgehead atoms. The molecule has 0 saturated heterocycles. The zero-order valence-electron chi connectivity index (χ0n) is 27.4. The van der Waals surface area contributed by atoms with Gasteiger partial charge in [-0.25, -0.2) is 15.0 Å². The summed E-state index contributed by atoms with van der Waals surface area (Å²) in [6.07, 6.45) is 0. The molecule has 0 N–H and O–H groups in total. The van der Waals surface area contributed by atoms with Crippen molar-refractivity contribution in [3.8, 4) is 73.6 Å². The van der Waals surface area contributed by atoms with Crippen LogP contribution in [0.3, 0.4) is 0 Å². The van der Waals surface area contributed by atoms with E-state index in [4.69, 9.17) is 15.0 Å². The van der Waals surface area contributed by atoms with Crippen LogP contribution in [0.4, 0.5) is 0 Å². The SMILES string of the molecule is N#Cc1ccccc1-c1cccc(-c2nc(-c3ccccc3)nc(-c3ccc4c(c3)sc3cccc(-c5cccc(-c6ccccc6)c5)c34)n2)c1. The number of hydrogen-bond acceptors (Lipinski definition) is 5. The molecule has 0 radical (unpaired) electrons. The number of thiophene rings is 1. The van der Waals surface area contributed by atoms with E-state index in [1.807, 2.05) is 78.9 Å². The molecule has 0 aliphatic heterocycles. The minimum atomic E-state index is 0.576. The fraction of sp³-hybridized carbons (Fsp3) is 0. The number of rotatable bonds is 6. The fourth-order valence-corrected chi connectivity index (χ4v) is 7.88. The molecular weight excluding hydrogens is 641 g/mol. The first kappa shape index (κ1) is 30.3. The largest absolute Gasteiger partial charge is 0.208 e. The Kier molecular flexibility index (Phi) is 7.70. The third-order valence-electron chi connectivity index (χ3n) is 9.18. The Morgan fingerprint density at radius 3 is 1.67 bits per heavy atom. The van der Waals surface area contributed by atoms with Crippen molar-refractivity contribution < 1.29 is 0 Å². The Morgan fingerprint density at radius 2 is 0.922 bits per heavy atom. The molecule has 51 heavy (non-hydrogen) atoms. The summed E-state index contributed by atoms with van der Waals surface area (Å²) in [7, 11) is 0. The van der Waals surface area contributed by atoms with E-state index in [0.29, 0.717) is 23.0 Å². The van der Waals surface area contributed by atoms with Gasteiger partial charge in [0.2, 0.25) is 0 Å². The van der Waals surface area contributed by atoms with Crippen LogP contribution >= 0.6 is 11.3 Å². The zero-order chi connectivity index (χ0) is 34.1. The van der Waals surface area contributed by atoms with E-state index >= 15 is 0 Å². The van der Waals surface area contributed by atoms with Crippen molar-refractivity contribution in [1.29, 1.82) is 5.26 Å². The normalized spacial score (nSPS) is 11.1. The summed E-state index contributed by atoms with van der Waals surface area (Å²) in [6.45, 7) is 0. The van der Waals surface area contributed by atoms with Crippen molar-refractivity contribution in [2.45, 2.75) is 0 Å². The fourth-order valence-electron chi connectivity index (χ4n) is 6.71. The number of aromatic nitrogens is 3. The molecule has 5 heteroatoms. The van der Waals surface area contributed by atoms with Crippen molar-refractivity contribution in [3.05, 3.63) is 175 Å². The van der Waals surface area contributed by atoms with Crippen molar-refractivity contribution in [3.63, 3.8) is 0 Å². The molecule has 7 aromatic carbocycles. The third kappa shape index (κ3) is 5.74. The molecule has 2 heterocycles. The van der Waals surface area contributed by atoms with Gasteiger partial charge in [-0.3, -0.25) is 0 Å². The molecule has 0 atom stereocenters. The number of hydrogen-bond donors (Lipinski definition) is 0. The van der Waals surface area contributed by atoms with Crippen LogP contribution in [0.15, 0.2) is 170 Å². The van der Waals surface area contributed by atoms with Crippen molar-refractivity contribution in [2.75, 3.05) is 0 Å². The summed E-state index contributed by atoms with van der Waals surface area (Å²) in [6, 6.07) is 60.5. The maximum atomic E-state index is 9.76. The Hall–Kier alpha value is -6.74. The molecule has 0 saturated carbocycles. The summed E-state index contributed by atoms with van der Waals surface area (Å²) in [4.78, 5) is 15.0. The van der Waals surface area contributed by atoms with Crippen LogP contribution in [-0.4, -0.2) is 15.0 Å². The highest BCUT2D eigenvalue weighted by atomic mass is 32.1. The predicted molar refractivity (Wildman–Crippen MR) is 210 cm³/mol. The van der Waals surface area contributed by atoms with Crippen LogP contribution in [0.1, 0.15) is 5.56 Å².